The zero-order valence-electron chi connectivity index (χ0n) is 18.4. The number of carbonyl (C=O) groups excluding carboxylic acids is 1. The van der Waals surface area contributed by atoms with Crippen LogP contribution in [0, 0.1) is 11.8 Å². The Bertz CT molecular complexity index is 661. The highest BCUT2D eigenvalue weighted by molar-refractivity contribution is 5.89. The number of ether oxygens (including phenoxy) is 8. The molecule has 0 saturated carbocycles. The van der Waals surface area contributed by atoms with Crippen LogP contribution in [0.5, 0.6) is 0 Å². The maximum atomic E-state index is 12.2. The Kier molecular flexibility index (Phi) is 7.89. The molecule has 2 aliphatic heterocycles. The SMILES string of the molecule is COC[C@H]1O[C@@H](O[C@@H]2OC=C(C(=O)OC)[C@H]3CC=C(C)[C@@H]23)[C@H](OC)[C@@H](OC)[C@@H]1OC. The number of rotatable bonds is 8. The lowest BCUT2D eigenvalue weighted by Gasteiger charge is -2.46. The van der Waals surface area contributed by atoms with Crippen molar-refractivity contribution in [3.63, 3.8) is 0 Å². The number of hydrogen-bond acceptors (Lipinski definition) is 9. The molecule has 0 aromatic heterocycles. The molecule has 0 radical (unpaired) electrons. The van der Waals surface area contributed by atoms with Crippen LogP contribution in [0.1, 0.15) is 13.3 Å². The third kappa shape index (κ3) is 4.28. The van der Waals surface area contributed by atoms with Gasteiger partial charge in [0.1, 0.15) is 24.4 Å². The quantitative estimate of drug-likeness (QED) is 0.420. The van der Waals surface area contributed by atoms with E-state index < -0.39 is 43.0 Å². The number of fused-ring (bicyclic) bond motifs is 1. The third-order valence-electron chi connectivity index (χ3n) is 6.10. The predicted octanol–water partition coefficient (Wildman–Crippen LogP) is 1.41. The average Bonchev–Trinajstić information content (AvgIpc) is 3.15. The molecule has 9 heteroatoms. The van der Waals surface area contributed by atoms with E-state index in [0.717, 1.165) is 12.0 Å². The van der Waals surface area contributed by atoms with Crippen LogP contribution >= 0.6 is 0 Å². The standard InChI is InChI=1S/C21H32O9/c1-11-7-8-12-13(19(22)27-6)9-28-20(15(11)12)30-21-18(26-5)17(25-4)16(24-3)14(29-21)10-23-2/h7,9,12,14-18,20-21H,8,10H2,1-6H3/t12-,14-,15-,16-,17+,18-,20+,21+/m1/s1. The van der Waals surface area contributed by atoms with Crippen LogP contribution in [0.25, 0.3) is 0 Å². The molecule has 0 N–H and O–H groups in total. The lowest BCUT2D eigenvalue weighted by molar-refractivity contribution is -0.347. The predicted molar refractivity (Wildman–Crippen MR) is 104 cm³/mol. The highest BCUT2D eigenvalue weighted by Gasteiger charge is 2.51. The Morgan fingerprint density at radius 3 is 2.33 bits per heavy atom. The van der Waals surface area contributed by atoms with Gasteiger partial charge in [0, 0.05) is 40.3 Å². The van der Waals surface area contributed by atoms with Crippen LogP contribution in [0.15, 0.2) is 23.5 Å². The summed E-state index contributed by atoms with van der Waals surface area (Å²) in [6.07, 6.45) is 1.04. The Balaban J connectivity index is 1.83. The van der Waals surface area contributed by atoms with Gasteiger partial charge in [-0.2, -0.15) is 0 Å². The van der Waals surface area contributed by atoms with E-state index in [1.165, 1.54) is 13.4 Å². The van der Waals surface area contributed by atoms with Crippen LogP contribution in [-0.2, 0) is 42.7 Å². The molecule has 0 spiro atoms. The minimum Gasteiger partial charge on any atom is -0.471 e. The highest BCUT2D eigenvalue weighted by atomic mass is 16.8. The number of esters is 1. The first-order valence-electron chi connectivity index (χ1n) is 9.99. The maximum Gasteiger partial charge on any atom is 0.337 e. The Morgan fingerprint density at radius 1 is 1.03 bits per heavy atom. The van der Waals surface area contributed by atoms with Crippen LogP contribution in [0.3, 0.4) is 0 Å². The van der Waals surface area contributed by atoms with Crippen molar-refractivity contribution < 1.29 is 42.7 Å². The van der Waals surface area contributed by atoms with E-state index in [9.17, 15) is 4.79 Å². The fourth-order valence-electron chi connectivity index (χ4n) is 4.60. The van der Waals surface area contributed by atoms with E-state index in [2.05, 4.69) is 6.08 Å². The summed E-state index contributed by atoms with van der Waals surface area (Å²) in [4.78, 5) is 12.2. The summed E-state index contributed by atoms with van der Waals surface area (Å²) in [5.74, 6) is -0.592. The van der Waals surface area contributed by atoms with Crippen LogP contribution in [0.4, 0.5) is 0 Å². The van der Waals surface area contributed by atoms with Gasteiger partial charge in [0.25, 0.3) is 0 Å². The molecular weight excluding hydrogens is 396 g/mol. The molecule has 1 fully saturated rings. The van der Waals surface area contributed by atoms with Crippen LogP contribution in [-0.4, -0.2) is 85.1 Å². The summed E-state index contributed by atoms with van der Waals surface area (Å²) in [6.45, 7) is 2.31. The molecule has 0 amide bonds. The second-order valence-electron chi connectivity index (χ2n) is 7.62. The van der Waals surface area contributed by atoms with E-state index in [1.54, 1.807) is 28.4 Å². The van der Waals surface area contributed by atoms with Crippen molar-refractivity contribution in [1.82, 2.24) is 0 Å². The molecule has 3 rings (SSSR count). The molecule has 2 heterocycles. The fourth-order valence-corrected chi connectivity index (χ4v) is 4.60. The molecular formula is C21H32O9. The highest BCUT2D eigenvalue weighted by Crippen LogP contribution is 2.44. The summed E-state index contributed by atoms with van der Waals surface area (Å²) in [7, 11) is 7.72. The summed E-state index contributed by atoms with van der Waals surface area (Å²) >= 11 is 0. The molecule has 3 aliphatic rings. The lowest BCUT2D eigenvalue weighted by atomic mass is 9.84. The van der Waals surface area contributed by atoms with Crippen molar-refractivity contribution in [1.29, 1.82) is 0 Å². The van der Waals surface area contributed by atoms with Crippen molar-refractivity contribution in [3.05, 3.63) is 23.5 Å². The molecule has 9 nitrogen and oxygen atoms in total. The van der Waals surface area contributed by atoms with Gasteiger partial charge in [0.15, 0.2) is 6.29 Å². The molecule has 170 valence electrons. The number of allylic oxidation sites excluding steroid dienone is 1. The van der Waals surface area contributed by atoms with Gasteiger partial charge in [-0.3, -0.25) is 0 Å². The van der Waals surface area contributed by atoms with Gasteiger partial charge >= 0.3 is 5.97 Å². The van der Waals surface area contributed by atoms with Gasteiger partial charge in [0.2, 0.25) is 6.29 Å². The van der Waals surface area contributed by atoms with Gasteiger partial charge in [-0.15, -0.1) is 0 Å². The summed E-state index contributed by atoms with van der Waals surface area (Å²) in [6, 6.07) is 0. The van der Waals surface area contributed by atoms with Crippen molar-refractivity contribution >= 4 is 5.97 Å². The number of carbonyl (C=O) groups is 1. The lowest BCUT2D eigenvalue weighted by Crippen LogP contribution is -2.62. The zero-order valence-corrected chi connectivity index (χ0v) is 18.4. The molecule has 0 aromatic carbocycles. The number of hydrogen-bond donors (Lipinski definition) is 0. The second-order valence-corrected chi connectivity index (χ2v) is 7.62. The van der Waals surface area contributed by atoms with E-state index >= 15 is 0 Å². The van der Waals surface area contributed by atoms with Crippen molar-refractivity contribution in [2.45, 2.75) is 50.3 Å². The van der Waals surface area contributed by atoms with Crippen molar-refractivity contribution in [2.75, 3.05) is 42.2 Å². The van der Waals surface area contributed by atoms with Crippen molar-refractivity contribution in [2.24, 2.45) is 11.8 Å². The molecule has 1 saturated heterocycles. The molecule has 0 aromatic rings. The van der Waals surface area contributed by atoms with Gasteiger partial charge in [-0.1, -0.05) is 11.6 Å². The van der Waals surface area contributed by atoms with Crippen LogP contribution < -0.4 is 0 Å². The van der Waals surface area contributed by atoms with E-state index in [4.69, 9.17) is 37.9 Å². The summed E-state index contributed by atoms with van der Waals surface area (Å²) < 4.78 is 45.4. The topological polar surface area (TPSA) is 90.9 Å². The molecule has 0 bridgehead atoms. The van der Waals surface area contributed by atoms with E-state index in [-0.39, 0.29) is 11.8 Å². The van der Waals surface area contributed by atoms with Gasteiger partial charge in [-0.05, 0) is 13.3 Å². The van der Waals surface area contributed by atoms with Crippen molar-refractivity contribution in [3.8, 4) is 0 Å². The van der Waals surface area contributed by atoms with Crippen LogP contribution in [0.2, 0.25) is 0 Å². The third-order valence-corrected chi connectivity index (χ3v) is 6.10. The van der Waals surface area contributed by atoms with Gasteiger partial charge < -0.3 is 37.9 Å². The Morgan fingerprint density at radius 2 is 1.73 bits per heavy atom. The number of methoxy groups -OCH3 is 5. The second kappa shape index (κ2) is 10.2. The van der Waals surface area contributed by atoms with Gasteiger partial charge in [0.05, 0.1) is 25.6 Å². The van der Waals surface area contributed by atoms with Gasteiger partial charge in [-0.25, -0.2) is 4.79 Å². The summed E-state index contributed by atoms with van der Waals surface area (Å²) in [5, 5.41) is 0. The molecule has 0 unspecified atom stereocenters. The molecule has 30 heavy (non-hydrogen) atoms. The van der Waals surface area contributed by atoms with E-state index in [0.29, 0.717) is 12.2 Å². The minimum absolute atomic E-state index is 0.0690. The first-order chi connectivity index (χ1) is 14.5. The fraction of sp³-hybridized carbons (Fsp3) is 0.762. The van der Waals surface area contributed by atoms with E-state index in [1.807, 2.05) is 6.92 Å². The smallest absolute Gasteiger partial charge is 0.337 e. The zero-order chi connectivity index (χ0) is 21.8. The monoisotopic (exact) mass is 428 g/mol. The minimum atomic E-state index is -0.779. The Hall–Kier alpha value is -1.49. The first-order valence-corrected chi connectivity index (χ1v) is 9.99. The summed E-state index contributed by atoms with van der Waals surface area (Å²) in [5.41, 5.74) is 1.60. The Labute approximate surface area is 177 Å². The largest absolute Gasteiger partial charge is 0.471 e. The first kappa shape index (κ1) is 23.2. The average molecular weight is 428 g/mol. The normalized spacial score (nSPS) is 38.3. The molecule has 1 aliphatic carbocycles. The maximum absolute atomic E-state index is 12.2. The molecule has 8 atom stereocenters.